The second kappa shape index (κ2) is 5.89. The van der Waals surface area contributed by atoms with Crippen molar-refractivity contribution in [2.75, 3.05) is 0 Å². The first-order chi connectivity index (χ1) is 11.2. The number of rotatable bonds is 3. The first-order valence-electron chi connectivity index (χ1n) is 8.33. The van der Waals surface area contributed by atoms with Gasteiger partial charge in [-0.2, -0.15) is 0 Å². The van der Waals surface area contributed by atoms with Gasteiger partial charge in [0.05, 0.1) is 11.9 Å². The molecule has 2 bridgehead atoms. The smallest absolute Gasteiger partial charge is 0.141 e. The van der Waals surface area contributed by atoms with E-state index in [0.29, 0.717) is 12.1 Å². The topological polar surface area (TPSA) is 16.1 Å². The molecule has 2 nitrogen and oxygen atoms in total. The standard InChI is InChI=1S/C20H21FN2/c1-14-9-17(21)12-22-20(14)16-10-18-7-8-19(11-16)23(18)13-15-5-3-2-4-6-15/h2-6,9-10,12,18-19H,7-8,11,13H2,1H3. The van der Waals surface area contributed by atoms with E-state index in [2.05, 4.69) is 46.3 Å². The lowest BCUT2D eigenvalue weighted by Gasteiger charge is -2.34. The van der Waals surface area contributed by atoms with Gasteiger partial charge in [-0.3, -0.25) is 9.88 Å². The molecule has 4 rings (SSSR count). The van der Waals surface area contributed by atoms with Crippen LogP contribution in [0.3, 0.4) is 0 Å². The predicted octanol–water partition coefficient (Wildman–Crippen LogP) is 4.35. The van der Waals surface area contributed by atoms with Crippen molar-refractivity contribution >= 4 is 5.57 Å². The molecular formula is C20H21FN2. The molecule has 3 heterocycles. The second-order valence-electron chi connectivity index (χ2n) is 6.67. The minimum atomic E-state index is -0.253. The molecule has 0 saturated carbocycles. The van der Waals surface area contributed by atoms with Gasteiger partial charge in [-0.1, -0.05) is 36.4 Å². The maximum Gasteiger partial charge on any atom is 0.141 e. The van der Waals surface area contributed by atoms with E-state index in [4.69, 9.17) is 0 Å². The van der Waals surface area contributed by atoms with Crippen molar-refractivity contribution in [1.29, 1.82) is 0 Å². The van der Waals surface area contributed by atoms with Gasteiger partial charge in [0.1, 0.15) is 5.82 Å². The molecule has 0 amide bonds. The molecule has 2 aliphatic rings. The molecule has 0 aliphatic carbocycles. The molecule has 2 atom stereocenters. The molecule has 0 spiro atoms. The minimum absolute atomic E-state index is 0.253. The summed E-state index contributed by atoms with van der Waals surface area (Å²) in [5.41, 5.74) is 4.58. The maximum atomic E-state index is 13.3. The fraction of sp³-hybridized carbons (Fsp3) is 0.350. The van der Waals surface area contributed by atoms with E-state index >= 15 is 0 Å². The summed E-state index contributed by atoms with van der Waals surface area (Å²) in [5, 5.41) is 0. The lowest BCUT2D eigenvalue weighted by Crippen LogP contribution is -2.37. The molecule has 1 saturated heterocycles. The van der Waals surface area contributed by atoms with Gasteiger partial charge in [0.25, 0.3) is 0 Å². The van der Waals surface area contributed by atoms with Gasteiger partial charge in [-0.15, -0.1) is 0 Å². The molecule has 2 unspecified atom stereocenters. The number of hydrogen-bond donors (Lipinski definition) is 0. The fourth-order valence-electron chi connectivity index (χ4n) is 4.01. The van der Waals surface area contributed by atoms with Crippen LogP contribution in [-0.2, 0) is 6.54 Å². The highest BCUT2D eigenvalue weighted by Crippen LogP contribution is 2.39. The molecule has 1 aromatic carbocycles. The summed E-state index contributed by atoms with van der Waals surface area (Å²) in [6, 6.07) is 13.3. The first kappa shape index (κ1) is 14.6. The van der Waals surface area contributed by atoms with Crippen LogP contribution in [-0.4, -0.2) is 22.0 Å². The van der Waals surface area contributed by atoms with Crippen molar-refractivity contribution in [1.82, 2.24) is 9.88 Å². The third-order valence-corrected chi connectivity index (χ3v) is 5.10. The SMILES string of the molecule is Cc1cc(F)cnc1C1=CC2CCC(C1)N2Cc1ccccc1. The largest absolute Gasteiger partial charge is 0.289 e. The van der Waals surface area contributed by atoms with Gasteiger partial charge in [-0.25, -0.2) is 4.39 Å². The highest BCUT2D eigenvalue weighted by Gasteiger charge is 2.37. The zero-order valence-electron chi connectivity index (χ0n) is 13.4. The summed E-state index contributed by atoms with van der Waals surface area (Å²) < 4.78 is 13.3. The Morgan fingerprint density at radius 1 is 1.22 bits per heavy atom. The van der Waals surface area contributed by atoms with Crippen LogP contribution in [0.4, 0.5) is 4.39 Å². The fourth-order valence-corrected chi connectivity index (χ4v) is 4.01. The van der Waals surface area contributed by atoms with Gasteiger partial charge < -0.3 is 0 Å². The third kappa shape index (κ3) is 2.81. The maximum absolute atomic E-state index is 13.3. The number of aromatic nitrogens is 1. The lowest BCUT2D eigenvalue weighted by atomic mass is 9.95. The van der Waals surface area contributed by atoms with Crippen LogP contribution < -0.4 is 0 Å². The van der Waals surface area contributed by atoms with Crippen LogP contribution >= 0.6 is 0 Å². The molecule has 1 fully saturated rings. The van der Waals surface area contributed by atoms with Gasteiger partial charge in [0, 0.05) is 18.6 Å². The van der Waals surface area contributed by atoms with Crippen molar-refractivity contribution in [2.24, 2.45) is 0 Å². The van der Waals surface area contributed by atoms with Crippen molar-refractivity contribution in [3.8, 4) is 0 Å². The Morgan fingerprint density at radius 3 is 2.78 bits per heavy atom. The number of benzene rings is 1. The number of halogens is 1. The molecule has 23 heavy (non-hydrogen) atoms. The summed E-state index contributed by atoms with van der Waals surface area (Å²) in [5.74, 6) is -0.253. The number of hydrogen-bond acceptors (Lipinski definition) is 2. The van der Waals surface area contributed by atoms with E-state index in [1.165, 1.54) is 30.2 Å². The van der Waals surface area contributed by atoms with E-state index in [-0.39, 0.29) is 5.82 Å². The van der Waals surface area contributed by atoms with E-state index in [0.717, 1.165) is 24.2 Å². The molecule has 2 aromatic rings. The van der Waals surface area contributed by atoms with Gasteiger partial charge in [0.2, 0.25) is 0 Å². The zero-order chi connectivity index (χ0) is 15.8. The molecule has 3 heteroatoms. The zero-order valence-corrected chi connectivity index (χ0v) is 13.4. The summed E-state index contributed by atoms with van der Waals surface area (Å²) >= 11 is 0. The molecular weight excluding hydrogens is 287 g/mol. The molecule has 0 radical (unpaired) electrons. The third-order valence-electron chi connectivity index (χ3n) is 5.10. The average molecular weight is 308 g/mol. The molecule has 2 aliphatic heterocycles. The highest BCUT2D eigenvalue weighted by atomic mass is 19.1. The van der Waals surface area contributed by atoms with E-state index in [9.17, 15) is 4.39 Å². The van der Waals surface area contributed by atoms with Crippen LogP contribution in [0.1, 0.15) is 36.1 Å². The highest BCUT2D eigenvalue weighted by molar-refractivity contribution is 5.67. The summed E-state index contributed by atoms with van der Waals surface area (Å²) in [4.78, 5) is 6.95. The Hall–Kier alpha value is -2.00. The summed E-state index contributed by atoms with van der Waals surface area (Å²) in [7, 11) is 0. The Morgan fingerprint density at radius 2 is 2.04 bits per heavy atom. The Kier molecular flexibility index (Phi) is 3.74. The quantitative estimate of drug-likeness (QED) is 0.838. The van der Waals surface area contributed by atoms with Crippen LogP contribution in [0.2, 0.25) is 0 Å². The monoisotopic (exact) mass is 308 g/mol. The second-order valence-corrected chi connectivity index (χ2v) is 6.67. The van der Waals surface area contributed by atoms with Crippen LogP contribution in [0, 0.1) is 12.7 Å². The van der Waals surface area contributed by atoms with Crippen molar-refractivity contribution < 1.29 is 4.39 Å². The first-order valence-corrected chi connectivity index (χ1v) is 8.33. The molecule has 0 N–H and O–H groups in total. The van der Waals surface area contributed by atoms with Crippen molar-refractivity contribution in [3.63, 3.8) is 0 Å². The minimum Gasteiger partial charge on any atom is -0.289 e. The molecule has 1 aromatic heterocycles. The van der Waals surface area contributed by atoms with Crippen molar-refractivity contribution in [3.05, 3.63) is 71.3 Å². The number of fused-ring (bicyclic) bond motifs is 2. The van der Waals surface area contributed by atoms with Crippen molar-refractivity contribution in [2.45, 2.75) is 44.8 Å². The normalized spacial score (nSPS) is 23.8. The Bertz CT molecular complexity index is 739. The Labute approximate surface area is 136 Å². The number of aryl methyl sites for hydroxylation is 1. The summed E-state index contributed by atoms with van der Waals surface area (Å²) in [6.45, 7) is 2.96. The number of pyridine rings is 1. The molecule has 118 valence electrons. The van der Waals surface area contributed by atoms with Crippen LogP contribution in [0.5, 0.6) is 0 Å². The van der Waals surface area contributed by atoms with Crippen LogP contribution in [0.15, 0.2) is 48.7 Å². The van der Waals surface area contributed by atoms with Gasteiger partial charge in [0.15, 0.2) is 0 Å². The summed E-state index contributed by atoms with van der Waals surface area (Å²) in [6.07, 6.45) is 7.16. The van der Waals surface area contributed by atoms with Gasteiger partial charge >= 0.3 is 0 Å². The average Bonchev–Trinajstić information content (AvgIpc) is 2.78. The van der Waals surface area contributed by atoms with E-state index < -0.39 is 0 Å². The number of nitrogens with zero attached hydrogens (tertiary/aromatic N) is 2. The van der Waals surface area contributed by atoms with Crippen LogP contribution in [0.25, 0.3) is 5.57 Å². The van der Waals surface area contributed by atoms with Gasteiger partial charge in [-0.05, 0) is 49.0 Å². The van der Waals surface area contributed by atoms with E-state index in [1.807, 2.05) is 6.92 Å². The lowest BCUT2D eigenvalue weighted by molar-refractivity contribution is 0.203. The van der Waals surface area contributed by atoms with E-state index in [1.54, 1.807) is 6.07 Å². The predicted molar refractivity (Wildman–Crippen MR) is 90.3 cm³/mol. The Balaban J connectivity index is 1.59.